The summed E-state index contributed by atoms with van der Waals surface area (Å²) in [4.78, 5) is 25.3. The molecule has 1 aliphatic heterocycles. The number of carbonyl (C=O) groups is 2. The molecule has 1 aliphatic rings. The number of halogens is 1. The van der Waals surface area contributed by atoms with Crippen molar-refractivity contribution >= 4 is 11.6 Å². The van der Waals surface area contributed by atoms with Crippen molar-refractivity contribution in [2.45, 2.75) is 13.3 Å². The van der Waals surface area contributed by atoms with E-state index in [1.807, 2.05) is 11.8 Å². The van der Waals surface area contributed by atoms with Gasteiger partial charge < -0.3 is 0 Å². The highest BCUT2D eigenvalue weighted by atomic mass is 19.1. The second kappa shape index (κ2) is 5.40. The Kier molecular flexibility index (Phi) is 3.87. The van der Waals surface area contributed by atoms with Gasteiger partial charge in [0.15, 0.2) is 5.78 Å². The minimum absolute atomic E-state index is 0.0350. The van der Waals surface area contributed by atoms with Crippen molar-refractivity contribution in [3.05, 3.63) is 35.6 Å². The molecule has 1 heterocycles. The van der Waals surface area contributed by atoms with Gasteiger partial charge in [0.1, 0.15) is 11.6 Å². The number of hydrogen-bond donors (Lipinski definition) is 0. The lowest BCUT2D eigenvalue weighted by Gasteiger charge is -2.29. The molecule has 0 bridgehead atoms. The van der Waals surface area contributed by atoms with Gasteiger partial charge in [0.25, 0.3) is 0 Å². The molecule has 0 saturated carbocycles. The van der Waals surface area contributed by atoms with Gasteiger partial charge in [-0.2, -0.15) is 0 Å². The van der Waals surface area contributed by atoms with E-state index in [-0.39, 0.29) is 29.6 Å². The van der Waals surface area contributed by atoms with Gasteiger partial charge in [0.2, 0.25) is 0 Å². The standard InChI is InChI=1S/C14H16FNO2/c1-10-8-16(7-6-13(10)17)9-14(18)11-4-2-3-5-12(11)15/h2-5,10H,6-9H2,1H3. The predicted molar refractivity (Wildman–Crippen MR) is 66.0 cm³/mol. The number of benzene rings is 1. The van der Waals surface area contributed by atoms with Gasteiger partial charge in [0, 0.05) is 25.4 Å². The van der Waals surface area contributed by atoms with E-state index in [0.29, 0.717) is 19.5 Å². The van der Waals surface area contributed by atoms with E-state index in [1.165, 1.54) is 12.1 Å². The molecule has 0 radical (unpaired) electrons. The van der Waals surface area contributed by atoms with Crippen LogP contribution in [0.5, 0.6) is 0 Å². The van der Waals surface area contributed by atoms with E-state index >= 15 is 0 Å². The second-order valence-electron chi connectivity index (χ2n) is 4.76. The Morgan fingerprint density at radius 1 is 1.44 bits per heavy atom. The maximum atomic E-state index is 13.4. The molecule has 1 unspecified atom stereocenters. The van der Waals surface area contributed by atoms with Crippen LogP contribution in [-0.2, 0) is 4.79 Å². The summed E-state index contributed by atoms with van der Waals surface area (Å²) < 4.78 is 13.4. The first kappa shape index (κ1) is 12.9. The predicted octanol–water partition coefficient (Wildman–Crippen LogP) is 1.92. The molecular weight excluding hydrogens is 233 g/mol. The minimum atomic E-state index is -0.483. The highest BCUT2D eigenvalue weighted by Crippen LogP contribution is 2.14. The van der Waals surface area contributed by atoms with Crippen molar-refractivity contribution in [1.82, 2.24) is 4.90 Å². The number of piperidine rings is 1. The molecule has 0 aromatic heterocycles. The van der Waals surface area contributed by atoms with Gasteiger partial charge in [-0.3, -0.25) is 14.5 Å². The molecule has 1 aromatic rings. The lowest BCUT2D eigenvalue weighted by atomic mass is 9.98. The molecule has 0 amide bonds. The van der Waals surface area contributed by atoms with Crippen molar-refractivity contribution in [2.75, 3.05) is 19.6 Å². The summed E-state index contributed by atoms with van der Waals surface area (Å²) in [6.45, 7) is 3.21. The van der Waals surface area contributed by atoms with E-state index < -0.39 is 5.82 Å². The smallest absolute Gasteiger partial charge is 0.179 e. The Bertz CT molecular complexity index is 473. The first-order valence-electron chi connectivity index (χ1n) is 6.10. The van der Waals surface area contributed by atoms with Crippen LogP contribution in [0.2, 0.25) is 0 Å². The zero-order valence-electron chi connectivity index (χ0n) is 10.4. The molecule has 1 fully saturated rings. The molecule has 0 N–H and O–H groups in total. The molecule has 1 atom stereocenters. The Morgan fingerprint density at radius 3 is 2.83 bits per heavy atom. The molecule has 0 spiro atoms. The fourth-order valence-electron chi connectivity index (χ4n) is 2.21. The van der Waals surface area contributed by atoms with Crippen LogP contribution in [0.15, 0.2) is 24.3 Å². The van der Waals surface area contributed by atoms with Crippen molar-refractivity contribution < 1.29 is 14.0 Å². The van der Waals surface area contributed by atoms with Crippen molar-refractivity contribution in [1.29, 1.82) is 0 Å². The Hall–Kier alpha value is -1.55. The summed E-state index contributed by atoms with van der Waals surface area (Å²) >= 11 is 0. The van der Waals surface area contributed by atoms with E-state index in [0.717, 1.165) is 0 Å². The van der Waals surface area contributed by atoms with Crippen LogP contribution in [0.3, 0.4) is 0 Å². The van der Waals surface area contributed by atoms with Crippen LogP contribution in [0.1, 0.15) is 23.7 Å². The zero-order chi connectivity index (χ0) is 13.1. The molecule has 3 nitrogen and oxygen atoms in total. The molecule has 18 heavy (non-hydrogen) atoms. The second-order valence-corrected chi connectivity index (χ2v) is 4.76. The highest BCUT2D eigenvalue weighted by molar-refractivity contribution is 5.98. The van der Waals surface area contributed by atoms with Crippen LogP contribution in [0.25, 0.3) is 0 Å². The molecule has 4 heteroatoms. The summed E-state index contributed by atoms with van der Waals surface area (Å²) in [6, 6.07) is 6.00. The molecule has 2 rings (SSSR count). The molecule has 0 aliphatic carbocycles. The number of hydrogen-bond acceptors (Lipinski definition) is 3. The lowest BCUT2D eigenvalue weighted by Crippen LogP contribution is -2.42. The SMILES string of the molecule is CC1CN(CC(=O)c2ccccc2F)CCC1=O. The van der Waals surface area contributed by atoms with E-state index in [1.54, 1.807) is 12.1 Å². The largest absolute Gasteiger partial charge is 0.299 e. The minimum Gasteiger partial charge on any atom is -0.299 e. The number of rotatable bonds is 3. The van der Waals surface area contributed by atoms with Gasteiger partial charge in [-0.15, -0.1) is 0 Å². The van der Waals surface area contributed by atoms with Crippen LogP contribution >= 0.6 is 0 Å². The number of ketones is 2. The quantitative estimate of drug-likeness (QED) is 0.768. The summed E-state index contributed by atoms with van der Waals surface area (Å²) in [5.74, 6) is -0.505. The van der Waals surface area contributed by atoms with Crippen LogP contribution in [-0.4, -0.2) is 36.1 Å². The van der Waals surface area contributed by atoms with E-state index in [4.69, 9.17) is 0 Å². The lowest BCUT2D eigenvalue weighted by molar-refractivity contribution is -0.125. The third kappa shape index (κ3) is 2.82. The average molecular weight is 249 g/mol. The summed E-state index contributed by atoms with van der Waals surface area (Å²) in [7, 11) is 0. The Balaban J connectivity index is 2.00. The fourth-order valence-corrected chi connectivity index (χ4v) is 2.21. The summed E-state index contributed by atoms with van der Waals surface area (Å²) in [5.41, 5.74) is 0.127. The molecule has 1 saturated heterocycles. The fraction of sp³-hybridized carbons (Fsp3) is 0.429. The van der Waals surface area contributed by atoms with Crippen molar-refractivity contribution in [3.8, 4) is 0 Å². The van der Waals surface area contributed by atoms with Gasteiger partial charge in [0.05, 0.1) is 12.1 Å². The normalized spacial score (nSPS) is 21.0. The Labute approximate surface area is 106 Å². The van der Waals surface area contributed by atoms with Crippen LogP contribution < -0.4 is 0 Å². The molecule has 1 aromatic carbocycles. The van der Waals surface area contributed by atoms with Crippen molar-refractivity contribution in [2.24, 2.45) is 5.92 Å². The highest BCUT2D eigenvalue weighted by Gasteiger charge is 2.25. The summed E-state index contributed by atoms with van der Waals surface area (Å²) in [5, 5.41) is 0. The van der Waals surface area contributed by atoms with E-state index in [2.05, 4.69) is 0 Å². The third-order valence-electron chi connectivity index (χ3n) is 3.30. The number of nitrogens with zero attached hydrogens (tertiary/aromatic N) is 1. The zero-order valence-corrected chi connectivity index (χ0v) is 10.4. The Morgan fingerprint density at radius 2 is 2.17 bits per heavy atom. The van der Waals surface area contributed by atoms with Crippen LogP contribution in [0, 0.1) is 11.7 Å². The van der Waals surface area contributed by atoms with Gasteiger partial charge >= 0.3 is 0 Å². The first-order valence-corrected chi connectivity index (χ1v) is 6.10. The van der Waals surface area contributed by atoms with Gasteiger partial charge in [-0.25, -0.2) is 4.39 Å². The number of likely N-dealkylation sites (tertiary alicyclic amines) is 1. The van der Waals surface area contributed by atoms with Gasteiger partial charge in [-0.1, -0.05) is 19.1 Å². The number of Topliss-reactive ketones (excluding diaryl/α,β-unsaturated/α-hetero) is 2. The molecule has 96 valence electrons. The maximum Gasteiger partial charge on any atom is 0.179 e. The third-order valence-corrected chi connectivity index (χ3v) is 3.30. The van der Waals surface area contributed by atoms with E-state index in [9.17, 15) is 14.0 Å². The average Bonchev–Trinajstić information content (AvgIpc) is 2.34. The summed E-state index contributed by atoms with van der Waals surface area (Å²) in [6.07, 6.45) is 0.478. The van der Waals surface area contributed by atoms with Crippen molar-refractivity contribution in [3.63, 3.8) is 0 Å². The number of carbonyl (C=O) groups excluding carboxylic acids is 2. The van der Waals surface area contributed by atoms with Gasteiger partial charge in [-0.05, 0) is 12.1 Å². The monoisotopic (exact) mass is 249 g/mol. The molecular formula is C14H16FNO2. The topological polar surface area (TPSA) is 37.4 Å². The maximum absolute atomic E-state index is 13.4. The first-order chi connectivity index (χ1) is 8.58. The van der Waals surface area contributed by atoms with Crippen LogP contribution in [0.4, 0.5) is 4.39 Å².